The van der Waals surface area contributed by atoms with E-state index in [4.69, 9.17) is 4.42 Å². The van der Waals surface area contributed by atoms with Gasteiger partial charge in [0.05, 0.1) is 23.9 Å². The lowest BCUT2D eigenvalue weighted by Crippen LogP contribution is -2.47. The zero-order valence-electron chi connectivity index (χ0n) is 15.8. The molecule has 0 spiro atoms. The molecule has 146 valence electrons. The Bertz CT molecular complexity index is 780. The van der Waals surface area contributed by atoms with E-state index in [2.05, 4.69) is 22.5 Å². The first-order valence-corrected chi connectivity index (χ1v) is 10.3. The Labute approximate surface area is 163 Å². The molecule has 2 amide bonds. The van der Waals surface area contributed by atoms with Crippen LogP contribution in [0, 0.1) is 6.92 Å². The van der Waals surface area contributed by atoms with E-state index in [0.29, 0.717) is 28.2 Å². The van der Waals surface area contributed by atoms with Gasteiger partial charge in [-0.15, -0.1) is 11.3 Å². The summed E-state index contributed by atoms with van der Waals surface area (Å²) in [4.78, 5) is 31.5. The maximum atomic E-state index is 12.8. The number of anilines is 1. The molecule has 2 N–H and O–H groups in total. The van der Waals surface area contributed by atoms with Crippen LogP contribution in [-0.4, -0.2) is 47.4 Å². The number of aromatic nitrogens is 1. The SMILES string of the molecule is CCCN(C(=O)Cc1csc(NC(=O)c2ccoc2C)n1)C1CCNCC1. The minimum Gasteiger partial charge on any atom is -0.469 e. The third-order valence-electron chi connectivity index (χ3n) is 4.74. The van der Waals surface area contributed by atoms with Gasteiger partial charge in [0.25, 0.3) is 5.91 Å². The molecule has 0 aliphatic carbocycles. The molecule has 0 radical (unpaired) electrons. The predicted molar refractivity (Wildman–Crippen MR) is 105 cm³/mol. The topological polar surface area (TPSA) is 87.5 Å². The quantitative estimate of drug-likeness (QED) is 0.759. The highest BCUT2D eigenvalue weighted by Gasteiger charge is 2.25. The lowest BCUT2D eigenvalue weighted by atomic mass is 10.0. The summed E-state index contributed by atoms with van der Waals surface area (Å²) in [6.07, 6.45) is 4.68. The van der Waals surface area contributed by atoms with Crippen LogP contribution in [-0.2, 0) is 11.2 Å². The number of amides is 2. The van der Waals surface area contributed by atoms with Crippen LogP contribution in [0.5, 0.6) is 0 Å². The molecule has 1 aliphatic heterocycles. The number of rotatable bonds is 7. The molecule has 0 bridgehead atoms. The van der Waals surface area contributed by atoms with Crippen molar-refractivity contribution in [2.24, 2.45) is 0 Å². The highest BCUT2D eigenvalue weighted by atomic mass is 32.1. The standard InChI is InChI=1S/C19H26N4O3S/c1-3-9-23(15-4-7-20-8-5-15)17(24)11-14-12-27-19(21-14)22-18(25)16-6-10-26-13(16)2/h6,10,12,15,20H,3-5,7-9,11H2,1-2H3,(H,21,22,25). The monoisotopic (exact) mass is 390 g/mol. The van der Waals surface area contributed by atoms with Gasteiger partial charge < -0.3 is 14.6 Å². The average molecular weight is 391 g/mol. The molecule has 0 atom stereocenters. The van der Waals surface area contributed by atoms with Gasteiger partial charge in [0, 0.05) is 18.0 Å². The molecular formula is C19H26N4O3S. The van der Waals surface area contributed by atoms with Gasteiger partial charge in [-0.05, 0) is 45.3 Å². The summed E-state index contributed by atoms with van der Waals surface area (Å²) in [6, 6.07) is 1.94. The van der Waals surface area contributed by atoms with E-state index in [1.807, 2.05) is 10.3 Å². The van der Waals surface area contributed by atoms with Crippen molar-refractivity contribution < 1.29 is 14.0 Å². The predicted octanol–water partition coefficient (Wildman–Crippen LogP) is 2.83. The second-order valence-electron chi connectivity index (χ2n) is 6.73. The number of hydrogen-bond donors (Lipinski definition) is 2. The summed E-state index contributed by atoms with van der Waals surface area (Å²) in [5.41, 5.74) is 1.18. The Morgan fingerprint density at radius 2 is 2.19 bits per heavy atom. The minimum atomic E-state index is -0.254. The van der Waals surface area contributed by atoms with Crippen molar-refractivity contribution in [3.63, 3.8) is 0 Å². The molecule has 1 saturated heterocycles. The molecule has 1 fully saturated rings. The van der Waals surface area contributed by atoms with Crippen molar-refractivity contribution in [3.8, 4) is 0 Å². The summed E-state index contributed by atoms with van der Waals surface area (Å²) >= 11 is 1.33. The van der Waals surface area contributed by atoms with Gasteiger partial charge in [-0.25, -0.2) is 4.98 Å². The number of carbonyl (C=O) groups excluding carboxylic acids is 2. The Hall–Kier alpha value is -2.19. The number of thiazole rings is 1. The van der Waals surface area contributed by atoms with Gasteiger partial charge in [-0.1, -0.05) is 6.92 Å². The van der Waals surface area contributed by atoms with E-state index in [1.54, 1.807) is 13.0 Å². The van der Waals surface area contributed by atoms with E-state index in [9.17, 15) is 9.59 Å². The summed E-state index contributed by atoms with van der Waals surface area (Å²) in [7, 11) is 0. The third-order valence-corrected chi connectivity index (χ3v) is 5.55. The number of carbonyl (C=O) groups is 2. The fraction of sp³-hybridized carbons (Fsp3) is 0.526. The maximum absolute atomic E-state index is 12.8. The zero-order valence-corrected chi connectivity index (χ0v) is 16.6. The lowest BCUT2D eigenvalue weighted by Gasteiger charge is -2.34. The van der Waals surface area contributed by atoms with Crippen LogP contribution in [0.15, 0.2) is 22.1 Å². The first-order chi connectivity index (χ1) is 13.1. The van der Waals surface area contributed by atoms with Gasteiger partial charge in [0.15, 0.2) is 5.13 Å². The highest BCUT2D eigenvalue weighted by Crippen LogP contribution is 2.20. The Kier molecular flexibility index (Phi) is 6.63. The molecular weight excluding hydrogens is 364 g/mol. The summed E-state index contributed by atoms with van der Waals surface area (Å²) < 4.78 is 5.16. The highest BCUT2D eigenvalue weighted by molar-refractivity contribution is 7.14. The fourth-order valence-corrected chi connectivity index (χ4v) is 4.06. The van der Waals surface area contributed by atoms with Crippen molar-refractivity contribution >= 4 is 28.3 Å². The molecule has 3 rings (SSSR count). The molecule has 0 aromatic carbocycles. The van der Waals surface area contributed by atoms with E-state index in [1.165, 1.54) is 17.6 Å². The van der Waals surface area contributed by atoms with Crippen molar-refractivity contribution in [1.82, 2.24) is 15.2 Å². The molecule has 2 aromatic heterocycles. The average Bonchev–Trinajstić information content (AvgIpc) is 3.29. The van der Waals surface area contributed by atoms with Crippen LogP contribution >= 0.6 is 11.3 Å². The normalized spacial score (nSPS) is 14.9. The number of furan rings is 1. The third kappa shape index (κ3) is 4.95. The smallest absolute Gasteiger partial charge is 0.260 e. The van der Waals surface area contributed by atoms with Crippen molar-refractivity contribution in [3.05, 3.63) is 34.7 Å². The molecule has 8 heteroatoms. The molecule has 27 heavy (non-hydrogen) atoms. The van der Waals surface area contributed by atoms with Gasteiger partial charge in [-0.2, -0.15) is 0 Å². The fourth-order valence-electron chi connectivity index (χ4n) is 3.36. The van der Waals surface area contributed by atoms with Gasteiger partial charge in [0.2, 0.25) is 5.91 Å². The lowest BCUT2D eigenvalue weighted by molar-refractivity contribution is -0.133. The maximum Gasteiger partial charge on any atom is 0.260 e. The molecule has 0 unspecified atom stereocenters. The van der Waals surface area contributed by atoms with E-state index in [0.717, 1.165) is 38.9 Å². The van der Waals surface area contributed by atoms with Crippen molar-refractivity contribution in [2.45, 2.75) is 45.6 Å². The number of aryl methyl sites for hydroxylation is 1. The van der Waals surface area contributed by atoms with Gasteiger partial charge >= 0.3 is 0 Å². The zero-order chi connectivity index (χ0) is 19.2. The Morgan fingerprint density at radius 3 is 2.85 bits per heavy atom. The number of piperidine rings is 1. The molecule has 7 nitrogen and oxygen atoms in total. The second kappa shape index (κ2) is 9.14. The van der Waals surface area contributed by atoms with Crippen LogP contribution in [0.1, 0.15) is 48.0 Å². The second-order valence-corrected chi connectivity index (χ2v) is 7.59. The molecule has 2 aromatic rings. The van der Waals surface area contributed by atoms with Crippen molar-refractivity contribution in [1.29, 1.82) is 0 Å². The number of nitrogens with zero attached hydrogens (tertiary/aromatic N) is 2. The van der Waals surface area contributed by atoms with Crippen LogP contribution in [0.3, 0.4) is 0 Å². The number of nitrogens with one attached hydrogen (secondary N) is 2. The van der Waals surface area contributed by atoms with Crippen LogP contribution in [0.25, 0.3) is 0 Å². The van der Waals surface area contributed by atoms with Gasteiger partial charge in [-0.3, -0.25) is 14.9 Å². The summed E-state index contributed by atoms with van der Waals surface area (Å²) in [5.74, 6) is 0.421. The molecule has 3 heterocycles. The minimum absolute atomic E-state index is 0.109. The molecule has 1 aliphatic rings. The summed E-state index contributed by atoms with van der Waals surface area (Å²) in [5, 5.41) is 8.44. The first kappa shape index (κ1) is 19.6. The van der Waals surface area contributed by atoms with Crippen LogP contribution < -0.4 is 10.6 Å². The number of hydrogen-bond acceptors (Lipinski definition) is 6. The van der Waals surface area contributed by atoms with Crippen LogP contribution in [0.2, 0.25) is 0 Å². The van der Waals surface area contributed by atoms with Crippen LogP contribution in [0.4, 0.5) is 5.13 Å². The Balaban J connectivity index is 1.61. The van der Waals surface area contributed by atoms with E-state index < -0.39 is 0 Å². The van der Waals surface area contributed by atoms with Crippen molar-refractivity contribution in [2.75, 3.05) is 25.0 Å². The van der Waals surface area contributed by atoms with E-state index in [-0.39, 0.29) is 18.2 Å². The summed E-state index contributed by atoms with van der Waals surface area (Å²) in [6.45, 7) is 6.52. The Morgan fingerprint density at radius 1 is 1.41 bits per heavy atom. The molecule has 0 saturated carbocycles. The largest absolute Gasteiger partial charge is 0.469 e. The first-order valence-electron chi connectivity index (χ1n) is 9.38. The van der Waals surface area contributed by atoms with Gasteiger partial charge in [0.1, 0.15) is 5.76 Å². The van der Waals surface area contributed by atoms with E-state index >= 15 is 0 Å².